The second kappa shape index (κ2) is 6.83. The van der Waals surface area contributed by atoms with Crippen LogP contribution in [0.3, 0.4) is 0 Å². The maximum Gasteiger partial charge on any atom is 0.303 e. The minimum atomic E-state index is -0.668. The molecule has 1 saturated carbocycles. The van der Waals surface area contributed by atoms with Crippen LogP contribution in [0.5, 0.6) is 0 Å². The topological polar surface area (TPSA) is 63.3 Å². The fraction of sp³-hybridized carbons (Fsp3) is 0.917. The van der Waals surface area contributed by atoms with E-state index in [4.69, 9.17) is 10.8 Å². The minimum Gasteiger partial charge on any atom is -0.481 e. The molecule has 2 atom stereocenters. The van der Waals surface area contributed by atoms with Crippen LogP contribution in [0.4, 0.5) is 0 Å². The highest BCUT2D eigenvalue weighted by atomic mass is 16.4. The zero-order chi connectivity index (χ0) is 11.1. The Morgan fingerprint density at radius 1 is 1.27 bits per heavy atom. The molecule has 3 heteroatoms. The van der Waals surface area contributed by atoms with Crippen molar-refractivity contribution in [2.45, 2.75) is 51.4 Å². The number of carboxylic acids is 1. The Balaban J connectivity index is 2.07. The first kappa shape index (κ1) is 12.5. The molecule has 0 aromatic heterocycles. The van der Waals surface area contributed by atoms with Crippen molar-refractivity contribution in [3.63, 3.8) is 0 Å². The Morgan fingerprint density at radius 3 is 2.67 bits per heavy atom. The summed E-state index contributed by atoms with van der Waals surface area (Å²) in [5.41, 5.74) is 5.68. The van der Waals surface area contributed by atoms with E-state index in [-0.39, 0.29) is 0 Å². The number of carbonyl (C=O) groups is 1. The van der Waals surface area contributed by atoms with Crippen LogP contribution < -0.4 is 5.73 Å². The zero-order valence-corrected chi connectivity index (χ0v) is 9.45. The van der Waals surface area contributed by atoms with Gasteiger partial charge in [-0.1, -0.05) is 25.7 Å². The number of unbranched alkanes of at least 4 members (excludes halogenated alkanes) is 1. The number of hydrogen-bond donors (Lipinski definition) is 2. The van der Waals surface area contributed by atoms with E-state index in [0.29, 0.717) is 6.42 Å². The Bertz CT molecular complexity index is 194. The fourth-order valence-corrected chi connectivity index (χ4v) is 2.59. The van der Waals surface area contributed by atoms with E-state index in [1.165, 1.54) is 32.1 Å². The predicted molar refractivity (Wildman–Crippen MR) is 60.6 cm³/mol. The van der Waals surface area contributed by atoms with Crippen molar-refractivity contribution in [2.75, 3.05) is 6.54 Å². The molecule has 0 aromatic rings. The van der Waals surface area contributed by atoms with Gasteiger partial charge >= 0.3 is 5.97 Å². The number of aliphatic carboxylic acids is 1. The summed E-state index contributed by atoms with van der Waals surface area (Å²) in [6.45, 7) is 0.825. The molecule has 0 heterocycles. The van der Waals surface area contributed by atoms with Crippen LogP contribution in [-0.2, 0) is 4.79 Å². The van der Waals surface area contributed by atoms with Crippen LogP contribution in [-0.4, -0.2) is 17.6 Å². The molecule has 1 aliphatic carbocycles. The van der Waals surface area contributed by atoms with Gasteiger partial charge in [0.05, 0.1) is 0 Å². The van der Waals surface area contributed by atoms with Crippen molar-refractivity contribution in [2.24, 2.45) is 17.6 Å². The van der Waals surface area contributed by atoms with Crippen molar-refractivity contribution in [3.8, 4) is 0 Å². The highest BCUT2D eigenvalue weighted by Crippen LogP contribution is 2.31. The summed E-state index contributed by atoms with van der Waals surface area (Å²) in [6.07, 6.45) is 8.62. The molecule has 0 saturated heterocycles. The summed E-state index contributed by atoms with van der Waals surface area (Å²) in [4.78, 5) is 10.3. The lowest BCUT2D eigenvalue weighted by Gasteiger charge is -2.28. The lowest BCUT2D eigenvalue weighted by molar-refractivity contribution is -0.137. The van der Waals surface area contributed by atoms with Gasteiger partial charge in [0.1, 0.15) is 0 Å². The summed E-state index contributed by atoms with van der Waals surface area (Å²) >= 11 is 0. The van der Waals surface area contributed by atoms with Gasteiger partial charge in [0, 0.05) is 6.42 Å². The first-order valence-electron chi connectivity index (χ1n) is 6.14. The molecule has 0 amide bonds. The van der Waals surface area contributed by atoms with Crippen molar-refractivity contribution in [1.29, 1.82) is 0 Å². The van der Waals surface area contributed by atoms with Crippen molar-refractivity contribution >= 4 is 5.97 Å². The third-order valence-electron chi connectivity index (χ3n) is 3.48. The molecule has 15 heavy (non-hydrogen) atoms. The second-order valence-electron chi connectivity index (χ2n) is 4.77. The molecule has 0 radical (unpaired) electrons. The normalized spacial score (nSPS) is 26.5. The highest BCUT2D eigenvalue weighted by molar-refractivity contribution is 5.66. The molecule has 1 fully saturated rings. The predicted octanol–water partition coefficient (Wildman–Crippen LogP) is 2.40. The van der Waals surface area contributed by atoms with Gasteiger partial charge in [-0.2, -0.15) is 0 Å². The van der Waals surface area contributed by atoms with E-state index in [2.05, 4.69) is 0 Å². The Labute approximate surface area is 92.0 Å². The molecular weight excluding hydrogens is 190 g/mol. The first-order chi connectivity index (χ1) is 7.22. The highest BCUT2D eigenvalue weighted by Gasteiger charge is 2.20. The molecular formula is C12H23NO2. The monoisotopic (exact) mass is 213 g/mol. The summed E-state index contributed by atoms with van der Waals surface area (Å²) in [7, 11) is 0. The van der Waals surface area contributed by atoms with Crippen molar-refractivity contribution < 1.29 is 9.90 Å². The number of nitrogens with two attached hydrogens (primary N) is 1. The summed E-state index contributed by atoms with van der Waals surface area (Å²) < 4.78 is 0. The summed E-state index contributed by atoms with van der Waals surface area (Å²) in [5.74, 6) is 0.864. The van der Waals surface area contributed by atoms with Gasteiger partial charge in [-0.3, -0.25) is 4.79 Å². The van der Waals surface area contributed by atoms with Crippen LogP contribution in [0.1, 0.15) is 51.4 Å². The van der Waals surface area contributed by atoms with Gasteiger partial charge in [0.15, 0.2) is 0 Å². The second-order valence-corrected chi connectivity index (χ2v) is 4.77. The zero-order valence-electron chi connectivity index (χ0n) is 9.45. The van der Waals surface area contributed by atoms with Gasteiger partial charge in [0.2, 0.25) is 0 Å². The maximum absolute atomic E-state index is 10.3. The Hall–Kier alpha value is -0.570. The average molecular weight is 213 g/mol. The molecule has 3 N–H and O–H groups in total. The number of rotatable bonds is 6. The molecule has 0 spiro atoms. The van der Waals surface area contributed by atoms with Gasteiger partial charge in [-0.05, 0) is 37.6 Å². The third-order valence-corrected chi connectivity index (χ3v) is 3.48. The fourth-order valence-electron chi connectivity index (χ4n) is 2.59. The third kappa shape index (κ3) is 5.17. The smallest absolute Gasteiger partial charge is 0.303 e. The number of hydrogen-bond acceptors (Lipinski definition) is 2. The van der Waals surface area contributed by atoms with Gasteiger partial charge in [-0.15, -0.1) is 0 Å². The van der Waals surface area contributed by atoms with E-state index in [1.54, 1.807) is 0 Å². The van der Waals surface area contributed by atoms with E-state index >= 15 is 0 Å². The SMILES string of the molecule is NCC1CCCC(CCCCC(=O)O)C1. The van der Waals surface area contributed by atoms with E-state index in [0.717, 1.165) is 31.2 Å². The quantitative estimate of drug-likeness (QED) is 0.666. The lowest BCUT2D eigenvalue weighted by atomic mass is 9.79. The number of carboxylic acid groups (broad SMARTS) is 1. The first-order valence-corrected chi connectivity index (χ1v) is 6.14. The maximum atomic E-state index is 10.3. The molecule has 0 aliphatic heterocycles. The Morgan fingerprint density at radius 2 is 2.00 bits per heavy atom. The summed E-state index contributed by atoms with van der Waals surface area (Å²) in [6, 6.07) is 0. The Kier molecular flexibility index (Phi) is 5.69. The molecule has 0 bridgehead atoms. The molecule has 1 aliphatic rings. The lowest BCUT2D eigenvalue weighted by Crippen LogP contribution is -2.22. The van der Waals surface area contributed by atoms with Crippen LogP contribution in [0, 0.1) is 11.8 Å². The van der Waals surface area contributed by atoms with Crippen LogP contribution in [0.2, 0.25) is 0 Å². The molecule has 2 unspecified atom stereocenters. The van der Waals surface area contributed by atoms with Crippen LogP contribution >= 0.6 is 0 Å². The standard InChI is InChI=1S/C12H23NO2/c13-9-11-6-3-5-10(8-11)4-1-2-7-12(14)15/h10-11H,1-9,13H2,(H,14,15). The molecule has 1 rings (SSSR count). The molecule has 0 aromatic carbocycles. The molecule has 3 nitrogen and oxygen atoms in total. The van der Waals surface area contributed by atoms with Gasteiger partial charge < -0.3 is 10.8 Å². The van der Waals surface area contributed by atoms with Gasteiger partial charge in [0.25, 0.3) is 0 Å². The summed E-state index contributed by atoms with van der Waals surface area (Å²) in [5, 5.41) is 8.51. The van der Waals surface area contributed by atoms with Crippen LogP contribution in [0.15, 0.2) is 0 Å². The van der Waals surface area contributed by atoms with Crippen molar-refractivity contribution in [3.05, 3.63) is 0 Å². The van der Waals surface area contributed by atoms with Crippen LogP contribution in [0.25, 0.3) is 0 Å². The van der Waals surface area contributed by atoms with E-state index in [1.807, 2.05) is 0 Å². The van der Waals surface area contributed by atoms with Gasteiger partial charge in [-0.25, -0.2) is 0 Å². The minimum absolute atomic E-state index is 0.326. The van der Waals surface area contributed by atoms with E-state index < -0.39 is 5.97 Å². The molecule has 88 valence electrons. The largest absolute Gasteiger partial charge is 0.481 e. The van der Waals surface area contributed by atoms with Crippen molar-refractivity contribution in [1.82, 2.24) is 0 Å². The van der Waals surface area contributed by atoms with E-state index in [9.17, 15) is 4.79 Å². The average Bonchev–Trinajstić information content (AvgIpc) is 2.24.